The SMILES string of the molecule is CC[C@@H](NC(=O)N1CC(=O)NC[C@@H](Cc2cc(Cl)ccc2OC)C(=O)C1)/C(=C/C=C/C=O)SC.CO. The molecular weight excluding hydrogens is 506 g/mol. The van der Waals surface area contributed by atoms with Gasteiger partial charge in [0.1, 0.15) is 18.6 Å². The Bertz CT molecular complexity index is 969. The maximum absolute atomic E-state index is 13.1. The molecule has 0 radical (unpaired) electrons. The molecule has 3 N–H and O–H groups in total. The molecule has 11 heteroatoms. The van der Waals surface area contributed by atoms with Crippen molar-refractivity contribution in [3.05, 3.63) is 51.9 Å². The van der Waals surface area contributed by atoms with Crippen molar-refractivity contribution >= 4 is 47.4 Å². The Labute approximate surface area is 221 Å². The molecule has 1 fully saturated rings. The molecule has 3 amide bonds. The van der Waals surface area contributed by atoms with E-state index in [9.17, 15) is 19.2 Å². The first-order chi connectivity index (χ1) is 17.3. The third-order valence-corrected chi connectivity index (χ3v) is 6.54. The highest BCUT2D eigenvalue weighted by atomic mass is 35.5. The van der Waals surface area contributed by atoms with Crippen LogP contribution in [0.1, 0.15) is 18.9 Å². The van der Waals surface area contributed by atoms with E-state index >= 15 is 0 Å². The number of carbonyl (C=O) groups excluding carboxylic acids is 4. The summed E-state index contributed by atoms with van der Waals surface area (Å²) in [5.41, 5.74) is 0.753. The van der Waals surface area contributed by atoms with Gasteiger partial charge < -0.3 is 25.4 Å². The largest absolute Gasteiger partial charge is 0.496 e. The van der Waals surface area contributed by atoms with Crippen molar-refractivity contribution in [2.75, 3.05) is 40.1 Å². The fourth-order valence-electron chi connectivity index (χ4n) is 3.59. The molecule has 0 saturated carbocycles. The second-order valence-corrected chi connectivity index (χ2v) is 9.00. The summed E-state index contributed by atoms with van der Waals surface area (Å²) in [7, 11) is 2.54. The normalized spacial score (nSPS) is 17.3. The number of ketones is 1. The summed E-state index contributed by atoms with van der Waals surface area (Å²) < 4.78 is 5.37. The molecule has 0 aliphatic carbocycles. The van der Waals surface area contributed by atoms with Crippen molar-refractivity contribution in [3.8, 4) is 5.75 Å². The number of Topliss-reactive ketones (excluding diaryl/α,β-unsaturated/α-hetero) is 1. The molecule has 0 spiro atoms. The highest BCUT2D eigenvalue weighted by molar-refractivity contribution is 8.02. The summed E-state index contributed by atoms with van der Waals surface area (Å²) in [6.07, 6.45) is 8.19. The highest BCUT2D eigenvalue weighted by Crippen LogP contribution is 2.26. The van der Waals surface area contributed by atoms with Crippen LogP contribution in [0.4, 0.5) is 4.79 Å². The van der Waals surface area contributed by atoms with Crippen LogP contribution in [0.5, 0.6) is 5.75 Å². The Hall–Kier alpha value is -2.82. The zero-order valence-corrected chi connectivity index (χ0v) is 22.5. The zero-order chi connectivity index (χ0) is 27.1. The molecule has 0 aromatic heterocycles. The number of urea groups is 1. The first kappa shape index (κ1) is 31.2. The number of aliphatic hydroxyl groups is 1. The van der Waals surface area contributed by atoms with Gasteiger partial charge in [-0.15, -0.1) is 11.8 Å². The van der Waals surface area contributed by atoms with E-state index < -0.39 is 11.9 Å². The lowest BCUT2D eigenvalue weighted by Gasteiger charge is -2.30. The van der Waals surface area contributed by atoms with Gasteiger partial charge >= 0.3 is 6.03 Å². The molecular formula is C25H34ClN3O6S. The molecule has 1 aromatic rings. The van der Waals surface area contributed by atoms with Gasteiger partial charge in [-0.3, -0.25) is 14.4 Å². The van der Waals surface area contributed by atoms with E-state index in [1.54, 1.807) is 30.4 Å². The van der Waals surface area contributed by atoms with Gasteiger partial charge in [-0.25, -0.2) is 4.79 Å². The van der Waals surface area contributed by atoms with Gasteiger partial charge in [0.15, 0.2) is 5.78 Å². The van der Waals surface area contributed by atoms with Crippen LogP contribution in [0.15, 0.2) is 41.3 Å². The van der Waals surface area contributed by atoms with Crippen molar-refractivity contribution in [2.24, 2.45) is 5.92 Å². The minimum atomic E-state index is -0.538. The minimum absolute atomic E-state index is 0.167. The van der Waals surface area contributed by atoms with Crippen LogP contribution in [0.3, 0.4) is 0 Å². The summed E-state index contributed by atoms with van der Waals surface area (Å²) in [4.78, 5) is 51.1. The van der Waals surface area contributed by atoms with Crippen LogP contribution in [0.25, 0.3) is 0 Å². The van der Waals surface area contributed by atoms with Crippen molar-refractivity contribution in [1.82, 2.24) is 15.5 Å². The molecule has 1 saturated heterocycles. The third-order valence-electron chi connectivity index (χ3n) is 5.41. The van der Waals surface area contributed by atoms with Gasteiger partial charge in [-0.2, -0.15) is 0 Å². The van der Waals surface area contributed by atoms with E-state index in [1.165, 1.54) is 29.8 Å². The quantitative estimate of drug-likeness (QED) is 0.250. The smallest absolute Gasteiger partial charge is 0.318 e. The maximum atomic E-state index is 13.1. The molecule has 198 valence electrons. The van der Waals surface area contributed by atoms with E-state index in [1.807, 2.05) is 13.2 Å². The molecule has 2 atom stereocenters. The average molecular weight is 540 g/mol. The number of rotatable bonds is 9. The van der Waals surface area contributed by atoms with Gasteiger partial charge in [0.25, 0.3) is 0 Å². The average Bonchev–Trinajstić information content (AvgIpc) is 2.87. The van der Waals surface area contributed by atoms with Crippen molar-refractivity contribution in [2.45, 2.75) is 25.8 Å². The Morgan fingerprint density at radius 2 is 2.06 bits per heavy atom. The number of benzene rings is 1. The number of amides is 3. The van der Waals surface area contributed by atoms with Gasteiger partial charge in [0, 0.05) is 29.5 Å². The summed E-state index contributed by atoms with van der Waals surface area (Å²) in [6, 6.07) is 4.34. The molecule has 2 rings (SSSR count). The van der Waals surface area contributed by atoms with Gasteiger partial charge in [0.2, 0.25) is 5.91 Å². The van der Waals surface area contributed by atoms with Crippen molar-refractivity contribution < 1.29 is 29.0 Å². The molecule has 1 aromatic carbocycles. The predicted molar refractivity (Wildman–Crippen MR) is 142 cm³/mol. The lowest BCUT2D eigenvalue weighted by molar-refractivity contribution is -0.128. The fraction of sp³-hybridized carbons (Fsp3) is 0.440. The standard InChI is InChI=1S/C24H30ClN3O5S.CH4O/c1-4-19(22(34-3)7-5-6-10-29)27-24(32)28-14-20(30)17(13-26-23(31)15-28)11-16-12-18(25)8-9-21(16)33-2;1-2/h5-10,12,17,19H,4,11,13-15H2,1-3H3,(H,26,31)(H,27,32);2H,1H3/b6-5+,22-7-;/t17-,19-;/m1./s1. The van der Waals surface area contributed by atoms with Crippen LogP contribution in [0.2, 0.25) is 5.02 Å². The molecule has 36 heavy (non-hydrogen) atoms. The Morgan fingerprint density at radius 1 is 1.33 bits per heavy atom. The Morgan fingerprint density at radius 3 is 2.67 bits per heavy atom. The molecule has 1 heterocycles. The topological polar surface area (TPSA) is 125 Å². The second kappa shape index (κ2) is 16.8. The first-order valence-electron chi connectivity index (χ1n) is 11.3. The van der Waals surface area contributed by atoms with Crippen LogP contribution in [-0.4, -0.2) is 80.2 Å². The van der Waals surface area contributed by atoms with Crippen molar-refractivity contribution in [3.63, 3.8) is 0 Å². The third kappa shape index (κ3) is 9.67. The summed E-state index contributed by atoms with van der Waals surface area (Å²) >= 11 is 7.56. The number of halogens is 1. The molecule has 1 aliphatic rings. The van der Waals surface area contributed by atoms with E-state index in [0.717, 1.165) is 17.6 Å². The van der Waals surface area contributed by atoms with Crippen molar-refractivity contribution in [1.29, 1.82) is 0 Å². The lowest BCUT2D eigenvalue weighted by atomic mass is 9.93. The number of aliphatic hydroxyl groups excluding tert-OH is 1. The van der Waals surface area contributed by atoms with E-state index in [2.05, 4.69) is 10.6 Å². The van der Waals surface area contributed by atoms with E-state index in [4.69, 9.17) is 21.4 Å². The first-order valence-corrected chi connectivity index (χ1v) is 12.9. The molecule has 0 bridgehead atoms. The number of nitrogens with one attached hydrogen (secondary N) is 2. The number of aldehydes is 1. The Kier molecular flexibility index (Phi) is 14.5. The number of carbonyl (C=O) groups is 4. The van der Waals surface area contributed by atoms with Crippen LogP contribution < -0.4 is 15.4 Å². The number of nitrogens with zero attached hydrogens (tertiary/aromatic N) is 1. The van der Waals surface area contributed by atoms with E-state index in [-0.39, 0.29) is 37.4 Å². The second-order valence-electron chi connectivity index (χ2n) is 7.69. The number of thioether (sulfide) groups is 1. The number of hydrogen-bond acceptors (Lipinski definition) is 7. The lowest BCUT2D eigenvalue weighted by Crippen LogP contribution is -2.54. The number of ether oxygens (including phenoxy) is 1. The number of allylic oxidation sites excluding steroid dienone is 3. The monoisotopic (exact) mass is 539 g/mol. The predicted octanol–water partition coefficient (Wildman–Crippen LogP) is 2.61. The minimum Gasteiger partial charge on any atom is -0.496 e. The van der Waals surface area contributed by atoms with Gasteiger partial charge in [0.05, 0.1) is 19.7 Å². The van der Waals surface area contributed by atoms with E-state index in [0.29, 0.717) is 29.9 Å². The van der Waals surface area contributed by atoms with Crippen LogP contribution in [0, 0.1) is 5.92 Å². The molecule has 1 aliphatic heterocycles. The molecule has 0 unspecified atom stereocenters. The Balaban J connectivity index is 0.00000316. The highest BCUT2D eigenvalue weighted by Gasteiger charge is 2.30. The van der Waals surface area contributed by atoms with Crippen LogP contribution in [-0.2, 0) is 20.8 Å². The van der Waals surface area contributed by atoms with Gasteiger partial charge in [-0.1, -0.05) is 30.7 Å². The zero-order valence-electron chi connectivity index (χ0n) is 21.0. The molecule has 9 nitrogen and oxygen atoms in total. The summed E-state index contributed by atoms with van der Waals surface area (Å²) in [5, 5.41) is 13.2. The van der Waals surface area contributed by atoms with Crippen LogP contribution >= 0.6 is 23.4 Å². The number of methoxy groups -OCH3 is 1. The van der Waals surface area contributed by atoms with Gasteiger partial charge in [-0.05, 0) is 48.9 Å². The fourth-order valence-corrected chi connectivity index (χ4v) is 4.51. The maximum Gasteiger partial charge on any atom is 0.318 e. The summed E-state index contributed by atoms with van der Waals surface area (Å²) in [6.45, 7) is 1.68. The number of hydrogen-bond donors (Lipinski definition) is 3. The summed E-state index contributed by atoms with van der Waals surface area (Å²) in [5.74, 6) is -0.442.